The second kappa shape index (κ2) is 5.88. The van der Waals surface area contributed by atoms with E-state index in [2.05, 4.69) is 33.9 Å². The van der Waals surface area contributed by atoms with Gasteiger partial charge >= 0.3 is 0 Å². The molecule has 0 spiro atoms. The SMILES string of the molecule is O=C(Nc1c(F)cc(F)cc1F)c1ccc(Br)cc1S. The van der Waals surface area contributed by atoms with Crippen molar-refractivity contribution in [1.29, 1.82) is 0 Å². The van der Waals surface area contributed by atoms with Crippen LogP contribution < -0.4 is 5.32 Å². The van der Waals surface area contributed by atoms with Crippen molar-refractivity contribution in [2.75, 3.05) is 5.32 Å². The fourth-order valence-corrected chi connectivity index (χ4v) is 2.39. The molecule has 0 aromatic heterocycles. The number of carbonyl (C=O) groups is 1. The molecule has 0 saturated carbocycles. The van der Waals surface area contributed by atoms with Crippen molar-refractivity contribution >= 4 is 40.2 Å². The van der Waals surface area contributed by atoms with Crippen LogP contribution in [0.4, 0.5) is 18.9 Å². The van der Waals surface area contributed by atoms with Crippen LogP contribution in [0.15, 0.2) is 39.7 Å². The summed E-state index contributed by atoms with van der Waals surface area (Å²) in [6, 6.07) is 5.58. The van der Waals surface area contributed by atoms with Gasteiger partial charge in [-0.05, 0) is 18.2 Å². The van der Waals surface area contributed by atoms with Gasteiger partial charge in [0.2, 0.25) is 0 Å². The molecule has 1 N–H and O–H groups in total. The van der Waals surface area contributed by atoms with Crippen molar-refractivity contribution in [2.24, 2.45) is 0 Å². The molecule has 0 unspecified atom stereocenters. The fraction of sp³-hybridized carbons (Fsp3) is 0. The topological polar surface area (TPSA) is 29.1 Å². The van der Waals surface area contributed by atoms with Gasteiger partial charge in [0.05, 0.1) is 5.56 Å². The molecule has 0 heterocycles. The lowest BCUT2D eigenvalue weighted by atomic mass is 10.2. The Balaban J connectivity index is 2.33. The summed E-state index contributed by atoms with van der Waals surface area (Å²) in [5.74, 6) is -4.18. The smallest absolute Gasteiger partial charge is 0.256 e. The molecule has 2 aromatic carbocycles. The minimum Gasteiger partial charge on any atom is -0.317 e. The van der Waals surface area contributed by atoms with E-state index in [1.807, 2.05) is 0 Å². The molecule has 0 saturated heterocycles. The Morgan fingerprint density at radius 2 is 1.70 bits per heavy atom. The molecule has 0 atom stereocenters. The molecule has 0 aliphatic carbocycles. The van der Waals surface area contributed by atoms with E-state index in [9.17, 15) is 18.0 Å². The molecule has 1 amide bonds. The van der Waals surface area contributed by atoms with Crippen LogP contribution >= 0.6 is 28.6 Å². The molecule has 2 aromatic rings. The maximum atomic E-state index is 13.4. The van der Waals surface area contributed by atoms with Crippen molar-refractivity contribution in [3.8, 4) is 0 Å². The molecule has 0 fully saturated rings. The molecular formula is C13H7BrF3NOS. The van der Waals surface area contributed by atoms with Crippen LogP contribution in [0.2, 0.25) is 0 Å². The summed E-state index contributed by atoms with van der Waals surface area (Å²) in [5, 5.41) is 2.06. The maximum absolute atomic E-state index is 13.4. The number of amides is 1. The van der Waals surface area contributed by atoms with Crippen molar-refractivity contribution in [1.82, 2.24) is 0 Å². The molecule has 0 radical (unpaired) electrons. The molecule has 0 aliphatic heterocycles. The van der Waals surface area contributed by atoms with Gasteiger partial charge < -0.3 is 5.32 Å². The molecule has 7 heteroatoms. The first kappa shape index (κ1) is 14.9. The predicted octanol–water partition coefficient (Wildman–Crippen LogP) is 4.41. The molecule has 0 bridgehead atoms. The Kier molecular flexibility index (Phi) is 4.39. The highest BCUT2D eigenvalue weighted by atomic mass is 79.9. The second-order valence-electron chi connectivity index (χ2n) is 3.86. The van der Waals surface area contributed by atoms with E-state index in [1.165, 1.54) is 6.07 Å². The van der Waals surface area contributed by atoms with Gasteiger partial charge in [-0.25, -0.2) is 13.2 Å². The zero-order valence-electron chi connectivity index (χ0n) is 9.75. The van der Waals surface area contributed by atoms with Crippen LogP contribution in [0.3, 0.4) is 0 Å². The zero-order chi connectivity index (χ0) is 14.9. The zero-order valence-corrected chi connectivity index (χ0v) is 12.2. The minimum absolute atomic E-state index is 0.139. The van der Waals surface area contributed by atoms with Crippen LogP contribution in [0.25, 0.3) is 0 Å². The van der Waals surface area contributed by atoms with Gasteiger partial charge in [-0.1, -0.05) is 15.9 Å². The fourth-order valence-electron chi connectivity index (χ4n) is 1.54. The van der Waals surface area contributed by atoms with E-state index in [4.69, 9.17) is 0 Å². The highest BCUT2D eigenvalue weighted by Gasteiger charge is 2.16. The van der Waals surface area contributed by atoms with Crippen LogP contribution in [-0.4, -0.2) is 5.91 Å². The van der Waals surface area contributed by atoms with E-state index in [-0.39, 0.29) is 5.56 Å². The average molecular weight is 362 g/mol. The van der Waals surface area contributed by atoms with Crippen LogP contribution in [0.1, 0.15) is 10.4 Å². The lowest BCUT2D eigenvalue weighted by Gasteiger charge is -2.09. The quantitative estimate of drug-likeness (QED) is 0.762. The number of anilines is 1. The number of nitrogens with one attached hydrogen (secondary N) is 1. The third kappa shape index (κ3) is 3.16. The third-order valence-electron chi connectivity index (χ3n) is 2.45. The molecule has 2 rings (SSSR count). The summed E-state index contributed by atoms with van der Waals surface area (Å²) in [6.07, 6.45) is 0. The number of hydrogen-bond donors (Lipinski definition) is 2. The largest absolute Gasteiger partial charge is 0.317 e. The third-order valence-corrected chi connectivity index (χ3v) is 3.31. The number of halogens is 4. The summed E-state index contributed by atoms with van der Waals surface area (Å²) < 4.78 is 40.3. The van der Waals surface area contributed by atoms with Crippen molar-refractivity contribution in [2.45, 2.75) is 4.90 Å². The predicted molar refractivity (Wildman–Crippen MR) is 75.7 cm³/mol. The highest BCUT2D eigenvalue weighted by Crippen LogP contribution is 2.24. The van der Waals surface area contributed by atoms with Gasteiger partial charge in [-0.15, -0.1) is 12.6 Å². The summed E-state index contributed by atoms with van der Waals surface area (Å²) in [7, 11) is 0. The maximum Gasteiger partial charge on any atom is 0.256 e. The Hall–Kier alpha value is -1.47. The van der Waals surface area contributed by atoms with Gasteiger partial charge in [-0.3, -0.25) is 4.79 Å². The molecule has 20 heavy (non-hydrogen) atoms. The van der Waals surface area contributed by atoms with E-state index >= 15 is 0 Å². The molecular weight excluding hydrogens is 355 g/mol. The normalized spacial score (nSPS) is 10.4. The highest BCUT2D eigenvalue weighted by molar-refractivity contribution is 9.10. The molecule has 0 aliphatic rings. The number of thiol groups is 1. The number of hydrogen-bond acceptors (Lipinski definition) is 2. The Morgan fingerprint density at radius 1 is 1.10 bits per heavy atom. The number of benzene rings is 2. The van der Waals surface area contributed by atoms with E-state index in [1.54, 1.807) is 12.1 Å². The number of carbonyl (C=O) groups excluding carboxylic acids is 1. The number of rotatable bonds is 2. The monoisotopic (exact) mass is 361 g/mol. The first-order valence-corrected chi connectivity index (χ1v) is 6.57. The minimum atomic E-state index is -1.19. The Labute approximate surface area is 126 Å². The van der Waals surface area contributed by atoms with Gasteiger partial charge in [0.15, 0.2) is 11.6 Å². The van der Waals surface area contributed by atoms with E-state index in [0.717, 1.165) is 0 Å². The summed E-state index contributed by atoms with van der Waals surface area (Å²) in [5.41, 5.74) is -0.563. The van der Waals surface area contributed by atoms with Crippen LogP contribution in [0.5, 0.6) is 0 Å². The van der Waals surface area contributed by atoms with Crippen LogP contribution in [-0.2, 0) is 0 Å². The molecule has 104 valence electrons. The molecule has 2 nitrogen and oxygen atoms in total. The van der Waals surface area contributed by atoms with Gasteiger partial charge in [0.25, 0.3) is 5.91 Å². The average Bonchev–Trinajstić information content (AvgIpc) is 2.33. The standard InChI is InChI=1S/C13H7BrF3NOS/c14-6-1-2-8(11(20)3-6)13(19)18-12-9(16)4-7(15)5-10(12)17/h1-5,20H,(H,18,19). The Bertz CT molecular complexity index is 670. The Morgan fingerprint density at radius 3 is 2.25 bits per heavy atom. The van der Waals surface area contributed by atoms with Gasteiger partial charge in [0.1, 0.15) is 11.5 Å². The van der Waals surface area contributed by atoms with Crippen LogP contribution in [0, 0.1) is 17.5 Å². The van der Waals surface area contributed by atoms with Crippen molar-refractivity contribution in [3.05, 3.63) is 57.8 Å². The lowest BCUT2D eigenvalue weighted by molar-refractivity contribution is 0.102. The lowest BCUT2D eigenvalue weighted by Crippen LogP contribution is -2.15. The van der Waals surface area contributed by atoms with Gasteiger partial charge in [-0.2, -0.15) is 0 Å². The second-order valence-corrected chi connectivity index (χ2v) is 5.26. The summed E-state index contributed by atoms with van der Waals surface area (Å²) >= 11 is 7.30. The summed E-state index contributed by atoms with van der Waals surface area (Å²) in [4.78, 5) is 12.3. The van der Waals surface area contributed by atoms with Crippen molar-refractivity contribution < 1.29 is 18.0 Å². The first-order chi connectivity index (χ1) is 9.38. The van der Waals surface area contributed by atoms with Crippen molar-refractivity contribution in [3.63, 3.8) is 0 Å². The summed E-state index contributed by atoms with van der Waals surface area (Å²) in [6.45, 7) is 0. The van der Waals surface area contributed by atoms with Gasteiger partial charge in [0, 0.05) is 21.5 Å². The van der Waals surface area contributed by atoms with E-state index < -0.39 is 29.0 Å². The first-order valence-electron chi connectivity index (χ1n) is 5.33. The van der Waals surface area contributed by atoms with E-state index in [0.29, 0.717) is 21.5 Å².